The van der Waals surface area contributed by atoms with Crippen molar-refractivity contribution in [3.05, 3.63) is 24.1 Å². The Hall–Kier alpha value is -0.680. The van der Waals surface area contributed by atoms with E-state index in [0.29, 0.717) is 0 Å². The summed E-state index contributed by atoms with van der Waals surface area (Å²) in [6, 6.07) is 1.97. The van der Waals surface area contributed by atoms with E-state index in [4.69, 9.17) is 10.7 Å². The monoisotopic (exact) mass is 195 g/mol. The summed E-state index contributed by atoms with van der Waals surface area (Å²) in [6.07, 6.45) is 0.787. The quantitative estimate of drug-likeness (QED) is 0.632. The van der Waals surface area contributed by atoms with Crippen molar-refractivity contribution < 1.29 is 12.8 Å². The summed E-state index contributed by atoms with van der Waals surface area (Å²) in [5.41, 5.74) is 0. The summed E-state index contributed by atoms with van der Waals surface area (Å²) in [6.45, 7) is 0. The van der Waals surface area contributed by atoms with Crippen molar-refractivity contribution in [2.45, 2.75) is 5.03 Å². The van der Waals surface area contributed by atoms with E-state index in [1.807, 2.05) is 0 Å². The maximum Gasteiger partial charge on any atom is 0.278 e. The molecule has 0 aliphatic carbocycles. The highest BCUT2D eigenvalue weighted by Crippen LogP contribution is 2.10. The van der Waals surface area contributed by atoms with Crippen molar-refractivity contribution in [2.75, 3.05) is 0 Å². The number of pyridine rings is 1. The fourth-order valence-electron chi connectivity index (χ4n) is 0.506. The fourth-order valence-corrected chi connectivity index (χ4v) is 1.19. The van der Waals surface area contributed by atoms with Crippen LogP contribution in [0.15, 0.2) is 23.4 Å². The summed E-state index contributed by atoms with van der Waals surface area (Å²) in [4.78, 5) is 3.25. The Morgan fingerprint density at radius 2 is 2.09 bits per heavy atom. The molecule has 0 N–H and O–H groups in total. The third-order valence-corrected chi connectivity index (χ3v) is 2.17. The normalized spacial score (nSPS) is 11.5. The molecule has 0 aliphatic heterocycles. The minimum atomic E-state index is -3.83. The van der Waals surface area contributed by atoms with Gasteiger partial charge in [-0.15, -0.1) is 0 Å². The number of hydrogen-bond donors (Lipinski definition) is 0. The Kier molecular flexibility index (Phi) is 2.10. The zero-order chi connectivity index (χ0) is 8.48. The van der Waals surface area contributed by atoms with Gasteiger partial charge in [-0.2, -0.15) is 0 Å². The van der Waals surface area contributed by atoms with Gasteiger partial charge in [-0.05, 0) is 12.1 Å². The molecule has 1 aromatic heterocycles. The molecule has 11 heavy (non-hydrogen) atoms. The lowest BCUT2D eigenvalue weighted by molar-refractivity contribution is 0.599. The molecule has 0 radical (unpaired) electrons. The molecule has 0 saturated heterocycles. The third-order valence-electron chi connectivity index (χ3n) is 0.950. The molecule has 0 unspecified atom stereocenters. The van der Waals surface area contributed by atoms with Gasteiger partial charge >= 0.3 is 0 Å². The molecule has 0 aliphatic rings. The first-order valence-electron chi connectivity index (χ1n) is 2.56. The van der Waals surface area contributed by atoms with Crippen LogP contribution in [0.1, 0.15) is 0 Å². The van der Waals surface area contributed by atoms with E-state index in [0.717, 1.165) is 18.3 Å². The van der Waals surface area contributed by atoms with Crippen LogP contribution in [0.4, 0.5) is 4.39 Å². The average molecular weight is 196 g/mol. The number of aromatic nitrogens is 1. The van der Waals surface area contributed by atoms with Gasteiger partial charge in [-0.3, -0.25) is 0 Å². The average Bonchev–Trinajstić information content (AvgIpc) is 1.86. The molecule has 3 nitrogen and oxygen atoms in total. The first-order chi connectivity index (χ1) is 5.00. The number of nitrogens with zero attached hydrogens (tertiary/aromatic N) is 1. The smallest absolute Gasteiger partial charge is 0.240 e. The third kappa shape index (κ3) is 2.13. The summed E-state index contributed by atoms with van der Waals surface area (Å²) >= 11 is 0. The maximum absolute atomic E-state index is 12.2. The van der Waals surface area contributed by atoms with Gasteiger partial charge in [-0.25, -0.2) is 17.8 Å². The zero-order valence-corrected chi connectivity index (χ0v) is 6.73. The number of hydrogen-bond acceptors (Lipinski definition) is 3. The lowest BCUT2D eigenvalue weighted by Crippen LogP contribution is -1.94. The first kappa shape index (κ1) is 8.42. The van der Waals surface area contributed by atoms with Crippen LogP contribution in [-0.4, -0.2) is 13.4 Å². The van der Waals surface area contributed by atoms with Gasteiger partial charge in [0.05, 0.1) is 6.20 Å². The Morgan fingerprint density at radius 3 is 2.45 bits per heavy atom. The molecule has 0 aromatic carbocycles. The van der Waals surface area contributed by atoms with Crippen LogP contribution in [-0.2, 0) is 9.05 Å². The second-order valence-corrected chi connectivity index (χ2v) is 4.27. The molecule has 1 heterocycles. The van der Waals surface area contributed by atoms with Gasteiger partial charge in [0, 0.05) is 10.7 Å². The topological polar surface area (TPSA) is 47.0 Å². The highest BCUT2D eigenvalue weighted by atomic mass is 35.7. The molecular formula is C5H3ClFNO2S. The highest BCUT2D eigenvalue weighted by molar-refractivity contribution is 8.13. The van der Waals surface area contributed by atoms with E-state index in [9.17, 15) is 12.8 Å². The molecule has 0 spiro atoms. The van der Waals surface area contributed by atoms with Crippen LogP contribution in [0.3, 0.4) is 0 Å². The van der Waals surface area contributed by atoms with Crippen LogP contribution < -0.4 is 0 Å². The number of halogens is 2. The summed E-state index contributed by atoms with van der Waals surface area (Å²) in [5.74, 6) is -0.603. The van der Waals surface area contributed by atoms with E-state index in [-0.39, 0.29) is 5.03 Å². The molecular weight excluding hydrogens is 193 g/mol. The summed E-state index contributed by atoms with van der Waals surface area (Å²) in [5, 5.41) is -0.347. The van der Waals surface area contributed by atoms with E-state index >= 15 is 0 Å². The lowest BCUT2D eigenvalue weighted by atomic mass is 10.5. The Bertz CT molecular complexity index is 347. The molecule has 0 fully saturated rings. The minimum Gasteiger partial charge on any atom is -0.240 e. The van der Waals surface area contributed by atoms with Crippen molar-refractivity contribution in [2.24, 2.45) is 0 Å². The van der Waals surface area contributed by atoms with Crippen molar-refractivity contribution >= 4 is 19.7 Å². The van der Waals surface area contributed by atoms with Gasteiger partial charge in [-0.1, -0.05) is 0 Å². The standard InChI is InChI=1S/C5H3ClFNO2S/c6-11(9,10)5-2-1-4(7)3-8-5/h1-3H. The van der Waals surface area contributed by atoms with Crippen LogP contribution in [0.5, 0.6) is 0 Å². The maximum atomic E-state index is 12.2. The first-order valence-corrected chi connectivity index (χ1v) is 4.87. The molecule has 0 amide bonds. The number of rotatable bonds is 1. The van der Waals surface area contributed by atoms with Gasteiger partial charge in [0.1, 0.15) is 5.82 Å². The van der Waals surface area contributed by atoms with Gasteiger partial charge < -0.3 is 0 Å². The van der Waals surface area contributed by atoms with Gasteiger partial charge in [0.25, 0.3) is 9.05 Å². The Labute approximate surface area is 67.2 Å². The van der Waals surface area contributed by atoms with Crippen molar-refractivity contribution in [3.63, 3.8) is 0 Å². The molecule has 1 rings (SSSR count). The van der Waals surface area contributed by atoms with E-state index < -0.39 is 14.9 Å². The van der Waals surface area contributed by atoms with E-state index in [2.05, 4.69) is 4.98 Å². The van der Waals surface area contributed by atoms with E-state index in [1.165, 1.54) is 0 Å². The second kappa shape index (κ2) is 2.75. The lowest BCUT2D eigenvalue weighted by Gasteiger charge is -1.92. The molecule has 1 aromatic rings. The van der Waals surface area contributed by atoms with Crippen molar-refractivity contribution in [1.29, 1.82) is 0 Å². The molecule has 0 atom stereocenters. The zero-order valence-electron chi connectivity index (χ0n) is 5.16. The fraction of sp³-hybridized carbons (Fsp3) is 0. The summed E-state index contributed by atoms with van der Waals surface area (Å²) in [7, 11) is 1.07. The molecule has 0 bridgehead atoms. The van der Waals surface area contributed by atoms with Crippen LogP contribution in [0.2, 0.25) is 0 Å². The molecule has 0 saturated carbocycles. The van der Waals surface area contributed by atoms with Crippen LogP contribution in [0.25, 0.3) is 0 Å². The van der Waals surface area contributed by atoms with Crippen molar-refractivity contribution in [1.82, 2.24) is 4.98 Å². The van der Waals surface area contributed by atoms with Gasteiger partial charge in [0.15, 0.2) is 5.03 Å². The minimum absolute atomic E-state index is 0.347. The predicted molar refractivity (Wildman–Crippen MR) is 37.2 cm³/mol. The largest absolute Gasteiger partial charge is 0.278 e. The SMILES string of the molecule is O=S(=O)(Cl)c1ccc(F)cn1. The molecule has 6 heteroatoms. The Morgan fingerprint density at radius 1 is 1.45 bits per heavy atom. The van der Waals surface area contributed by atoms with Crippen LogP contribution >= 0.6 is 10.7 Å². The summed E-state index contributed by atoms with van der Waals surface area (Å²) < 4.78 is 33.2. The van der Waals surface area contributed by atoms with Crippen molar-refractivity contribution in [3.8, 4) is 0 Å². The second-order valence-electron chi connectivity index (χ2n) is 1.75. The Balaban J connectivity index is 3.20. The van der Waals surface area contributed by atoms with Crippen LogP contribution in [0, 0.1) is 5.82 Å². The highest BCUT2D eigenvalue weighted by Gasteiger charge is 2.10. The van der Waals surface area contributed by atoms with E-state index in [1.54, 1.807) is 0 Å². The van der Waals surface area contributed by atoms with Gasteiger partial charge in [0.2, 0.25) is 0 Å². The predicted octanol–water partition coefficient (Wildman–Crippen LogP) is 1.15. The molecule has 60 valence electrons.